The summed E-state index contributed by atoms with van der Waals surface area (Å²) in [5.41, 5.74) is -1.63. The number of amides is 1. The number of carbonyl (C=O) groups excluding carboxylic acids is 1. The van der Waals surface area contributed by atoms with E-state index in [1.807, 2.05) is 13.8 Å². The van der Waals surface area contributed by atoms with Crippen LogP contribution in [0.4, 0.5) is 18.3 Å². The van der Waals surface area contributed by atoms with Crippen molar-refractivity contribution in [2.45, 2.75) is 32.9 Å². The second-order valence-corrected chi connectivity index (χ2v) is 7.52. The van der Waals surface area contributed by atoms with Gasteiger partial charge in [0.1, 0.15) is 5.01 Å². The second kappa shape index (κ2) is 7.74. The highest BCUT2D eigenvalue weighted by Gasteiger charge is 2.30. The maximum absolute atomic E-state index is 13.0. The molecule has 0 fully saturated rings. The lowest BCUT2D eigenvalue weighted by Crippen LogP contribution is -2.27. The molecule has 2 aromatic heterocycles. The van der Waals surface area contributed by atoms with Crippen LogP contribution in [0.25, 0.3) is 5.69 Å². The lowest BCUT2D eigenvalue weighted by atomic mass is 10.2. The van der Waals surface area contributed by atoms with Gasteiger partial charge in [-0.1, -0.05) is 31.3 Å². The Morgan fingerprint density at radius 1 is 1.21 bits per heavy atom. The summed E-state index contributed by atoms with van der Waals surface area (Å²) in [6.45, 7) is 5.35. The van der Waals surface area contributed by atoms with E-state index in [2.05, 4.69) is 20.6 Å². The van der Waals surface area contributed by atoms with E-state index in [9.17, 15) is 22.8 Å². The minimum absolute atomic E-state index is 0.0735. The summed E-state index contributed by atoms with van der Waals surface area (Å²) in [4.78, 5) is 24.8. The number of halogens is 3. The van der Waals surface area contributed by atoms with Crippen LogP contribution in [0.2, 0.25) is 0 Å². The van der Waals surface area contributed by atoms with E-state index in [-0.39, 0.29) is 22.4 Å². The number of rotatable bonds is 4. The summed E-state index contributed by atoms with van der Waals surface area (Å²) in [5.74, 6) is -0.698. The first-order valence-corrected chi connectivity index (χ1v) is 9.31. The molecule has 0 saturated heterocycles. The third-order valence-electron chi connectivity index (χ3n) is 3.90. The molecule has 1 N–H and O–H groups in total. The van der Waals surface area contributed by atoms with Crippen molar-refractivity contribution >= 4 is 22.4 Å². The van der Waals surface area contributed by atoms with Crippen LogP contribution in [-0.4, -0.2) is 25.9 Å². The van der Waals surface area contributed by atoms with E-state index >= 15 is 0 Å². The molecule has 0 aliphatic heterocycles. The van der Waals surface area contributed by atoms with Gasteiger partial charge in [-0.3, -0.25) is 14.9 Å². The maximum atomic E-state index is 13.0. The third kappa shape index (κ3) is 4.50. The van der Waals surface area contributed by atoms with E-state index in [4.69, 9.17) is 0 Å². The number of hydrogen-bond donors (Lipinski definition) is 1. The zero-order chi connectivity index (χ0) is 21.3. The normalized spacial score (nSPS) is 11.7. The van der Waals surface area contributed by atoms with Gasteiger partial charge in [-0.25, -0.2) is 4.68 Å². The van der Waals surface area contributed by atoms with Gasteiger partial charge >= 0.3 is 6.18 Å². The summed E-state index contributed by atoms with van der Waals surface area (Å²) < 4.78 is 40.1. The average Bonchev–Trinajstić information content (AvgIpc) is 3.10. The number of carbonyl (C=O) groups is 1. The zero-order valence-electron chi connectivity index (χ0n) is 15.6. The van der Waals surface area contributed by atoms with E-state index in [1.54, 1.807) is 0 Å². The first-order valence-electron chi connectivity index (χ1n) is 8.49. The molecule has 0 saturated carbocycles. The Kier molecular flexibility index (Phi) is 5.51. The molecule has 152 valence electrons. The summed E-state index contributed by atoms with van der Waals surface area (Å²) in [6, 6.07) is 5.59. The highest BCUT2D eigenvalue weighted by Crippen LogP contribution is 2.30. The molecule has 0 aliphatic carbocycles. The van der Waals surface area contributed by atoms with Gasteiger partial charge < -0.3 is 0 Å². The van der Waals surface area contributed by atoms with Crippen molar-refractivity contribution in [2.75, 3.05) is 5.32 Å². The number of hydrogen-bond acceptors (Lipinski definition) is 6. The van der Waals surface area contributed by atoms with Crippen molar-refractivity contribution < 1.29 is 18.0 Å². The molecule has 0 radical (unpaired) electrons. The van der Waals surface area contributed by atoms with Gasteiger partial charge in [-0.2, -0.15) is 18.3 Å². The molecule has 0 spiro atoms. The minimum Gasteiger partial charge on any atom is -0.295 e. The number of aromatic nitrogens is 4. The highest BCUT2D eigenvalue weighted by molar-refractivity contribution is 7.15. The molecule has 0 bridgehead atoms. The Bertz CT molecular complexity index is 1120. The van der Waals surface area contributed by atoms with E-state index < -0.39 is 28.8 Å². The lowest BCUT2D eigenvalue weighted by Gasteiger charge is -2.13. The number of nitrogens with zero attached hydrogens (tertiary/aromatic N) is 4. The molecule has 1 aromatic carbocycles. The molecule has 0 atom stereocenters. The first-order chi connectivity index (χ1) is 13.6. The van der Waals surface area contributed by atoms with Gasteiger partial charge in [-0.15, -0.1) is 10.2 Å². The first kappa shape index (κ1) is 20.6. The van der Waals surface area contributed by atoms with Crippen LogP contribution in [-0.2, 0) is 6.18 Å². The van der Waals surface area contributed by atoms with Gasteiger partial charge in [0.05, 0.1) is 11.3 Å². The Morgan fingerprint density at radius 2 is 1.93 bits per heavy atom. The van der Waals surface area contributed by atoms with Gasteiger partial charge in [0.25, 0.3) is 5.91 Å². The minimum atomic E-state index is -4.53. The smallest absolute Gasteiger partial charge is 0.295 e. The molecule has 29 heavy (non-hydrogen) atoms. The summed E-state index contributed by atoms with van der Waals surface area (Å²) in [5, 5.41) is 15.1. The maximum Gasteiger partial charge on any atom is 0.416 e. The molecular formula is C18H16F3N5O2S. The summed E-state index contributed by atoms with van der Waals surface area (Å²) >= 11 is 1.16. The van der Waals surface area contributed by atoms with Crippen molar-refractivity contribution in [3.63, 3.8) is 0 Å². The van der Waals surface area contributed by atoms with Crippen LogP contribution in [0, 0.1) is 6.92 Å². The van der Waals surface area contributed by atoms with Crippen LogP contribution >= 0.6 is 11.3 Å². The molecule has 0 aliphatic rings. The van der Waals surface area contributed by atoms with Crippen molar-refractivity contribution in [3.05, 3.63) is 62.5 Å². The van der Waals surface area contributed by atoms with E-state index in [0.29, 0.717) is 5.01 Å². The number of benzene rings is 1. The molecule has 3 aromatic rings. The molecule has 3 rings (SSSR count). The van der Waals surface area contributed by atoms with Crippen LogP contribution in [0.1, 0.15) is 46.5 Å². The SMILES string of the molecule is Cc1cc(=O)c(C(=O)Nc2nnc(C(C)C)s2)nn1-c1cccc(C(F)(F)F)c1. The third-order valence-corrected chi connectivity index (χ3v) is 5.03. The fourth-order valence-corrected chi connectivity index (χ4v) is 3.20. The van der Waals surface area contributed by atoms with Gasteiger partial charge in [0.15, 0.2) is 5.69 Å². The Labute approximate surface area is 167 Å². The van der Waals surface area contributed by atoms with Crippen LogP contribution in [0.5, 0.6) is 0 Å². The number of nitrogens with one attached hydrogen (secondary N) is 1. The van der Waals surface area contributed by atoms with Gasteiger partial charge in [0, 0.05) is 17.7 Å². The van der Waals surface area contributed by atoms with Crippen LogP contribution < -0.4 is 10.7 Å². The van der Waals surface area contributed by atoms with Crippen LogP contribution in [0.15, 0.2) is 35.1 Å². The predicted molar refractivity (Wildman–Crippen MR) is 102 cm³/mol. The number of alkyl halides is 3. The van der Waals surface area contributed by atoms with Crippen LogP contribution in [0.3, 0.4) is 0 Å². The Morgan fingerprint density at radius 3 is 2.55 bits per heavy atom. The molecular weight excluding hydrogens is 407 g/mol. The Hall–Kier alpha value is -3.08. The van der Waals surface area contributed by atoms with E-state index in [0.717, 1.165) is 34.2 Å². The van der Waals surface area contributed by atoms with Crippen molar-refractivity contribution in [1.29, 1.82) is 0 Å². The quantitative estimate of drug-likeness (QED) is 0.690. The number of anilines is 1. The number of aryl methyl sites for hydroxylation is 1. The largest absolute Gasteiger partial charge is 0.416 e. The standard InChI is InChI=1S/C18H16F3N5O2S/c1-9(2)16-23-24-17(29-16)22-15(28)14-13(27)7-10(3)26(25-14)12-6-4-5-11(8-12)18(19,20)21/h4-9H,1-3H3,(H,22,24,28). The average molecular weight is 423 g/mol. The lowest BCUT2D eigenvalue weighted by molar-refractivity contribution is -0.137. The highest BCUT2D eigenvalue weighted by atomic mass is 32.1. The van der Waals surface area contributed by atoms with Gasteiger partial charge in [0.2, 0.25) is 10.6 Å². The monoisotopic (exact) mass is 423 g/mol. The molecule has 7 nitrogen and oxygen atoms in total. The van der Waals surface area contributed by atoms with Crippen molar-refractivity contribution in [2.24, 2.45) is 0 Å². The molecule has 0 unspecified atom stereocenters. The Balaban J connectivity index is 1.97. The van der Waals surface area contributed by atoms with E-state index in [1.165, 1.54) is 19.1 Å². The van der Waals surface area contributed by atoms with Gasteiger partial charge in [-0.05, 0) is 25.1 Å². The fraction of sp³-hybridized carbons (Fsp3) is 0.278. The summed E-state index contributed by atoms with van der Waals surface area (Å²) in [7, 11) is 0. The van der Waals surface area contributed by atoms with Crippen molar-refractivity contribution in [3.8, 4) is 5.69 Å². The molecule has 1 amide bonds. The fourth-order valence-electron chi connectivity index (χ4n) is 2.45. The molecule has 2 heterocycles. The molecule has 11 heteroatoms. The summed E-state index contributed by atoms with van der Waals surface area (Å²) in [6.07, 6.45) is -4.53. The van der Waals surface area contributed by atoms with Crippen molar-refractivity contribution in [1.82, 2.24) is 20.0 Å². The second-order valence-electron chi connectivity index (χ2n) is 6.51. The topological polar surface area (TPSA) is 89.8 Å². The zero-order valence-corrected chi connectivity index (χ0v) is 16.4. The predicted octanol–water partition coefficient (Wildman–Crippen LogP) is 3.79.